The van der Waals surface area contributed by atoms with Crippen molar-refractivity contribution in [1.82, 2.24) is 9.80 Å². The zero-order valence-corrected chi connectivity index (χ0v) is 17.5. The largest absolute Gasteiger partial charge is 0.292 e. The molecule has 0 aromatic heterocycles. The number of amides is 2. The zero-order chi connectivity index (χ0) is 21.2. The lowest BCUT2D eigenvalue weighted by molar-refractivity contribution is 0.0606. The van der Waals surface area contributed by atoms with Crippen LogP contribution in [0.15, 0.2) is 78.9 Å². The molecule has 4 heteroatoms. The predicted octanol–water partition coefficient (Wildman–Crippen LogP) is 5.22. The van der Waals surface area contributed by atoms with Gasteiger partial charge in [-0.2, -0.15) is 0 Å². The van der Waals surface area contributed by atoms with Crippen molar-refractivity contribution in [1.29, 1.82) is 0 Å². The zero-order valence-electron chi connectivity index (χ0n) is 17.5. The van der Waals surface area contributed by atoms with Crippen molar-refractivity contribution in [2.45, 2.75) is 25.3 Å². The fraction of sp³-hybridized carbons (Fsp3) is 0.259. The van der Waals surface area contributed by atoms with E-state index in [1.165, 1.54) is 10.5 Å². The standard InChI is InChI=1S/C27H26N2O2/c30-26-22-14-8-12-21-13-9-15-23(25(21)22)27(31)29(26)19-7-6-18-28-17-5-4-16-24(28)20-10-2-1-3-11-20/h1-5,8-15,24H,6-7,16-19H2. The number of imide groups is 1. The summed E-state index contributed by atoms with van der Waals surface area (Å²) in [6.45, 7) is 2.35. The van der Waals surface area contributed by atoms with Crippen molar-refractivity contribution >= 4 is 22.6 Å². The van der Waals surface area contributed by atoms with Crippen LogP contribution in [0.25, 0.3) is 10.8 Å². The number of rotatable bonds is 6. The summed E-state index contributed by atoms with van der Waals surface area (Å²) < 4.78 is 0. The van der Waals surface area contributed by atoms with Gasteiger partial charge in [0.05, 0.1) is 0 Å². The molecule has 5 rings (SSSR count). The maximum atomic E-state index is 13.0. The van der Waals surface area contributed by atoms with Crippen LogP contribution in [-0.4, -0.2) is 41.2 Å². The van der Waals surface area contributed by atoms with Gasteiger partial charge in [-0.3, -0.25) is 19.4 Å². The third-order valence-electron chi connectivity index (χ3n) is 6.42. The molecule has 31 heavy (non-hydrogen) atoms. The summed E-state index contributed by atoms with van der Waals surface area (Å²) in [4.78, 5) is 30.0. The van der Waals surface area contributed by atoms with E-state index in [0.29, 0.717) is 23.7 Å². The van der Waals surface area contributed by atoms with Gasteiger partial charge in [0, 0.05) is 35.6 Å². The molecule has 0 saturated carbocycles. The number of hydrogen-bond donors (Lipinski definition) is 0. The van der Waals surface area contributed by atoms with Crippen molar-refractivity contribution in [3.05, 3.63) is 95.6 Å². The summed E-state index contributed by atoms with van der Waals surface area (Å²) in [5, 5.41) is 1.74. The molecule has 3 aromatic carbocycles. The van der Waals surface area contributed by atoms with Crippen LogP contribution in [0.1, 0.15) is 51.6 Å². The van der Waals surface area contributed by atoms with Crippen LogP contribution < -0.4 is 0 Å². The molecule has 1 atom stereocenters. The lowest BCUT2D eigenvalue weighted by Crippen LogP contribution is -2.41. The number of unbranched alkanes of at least 4 members (excludes halogenated alkanes) is 1. The van der Waals surface area contributed by atoms with Gasteiger partial charge in [0.2, 0.25) is 0 Å². The highest BCUT2D eigenvalue weighted by Gasteiger charge is 2.32. The maximum Gasteiger partial charge on any atom is 0.261 e. The Hall–Kier alpha value is -3.24. The molecule has 156 valence electrons. The van der Waals surface area contributed by atoms with E-state index >= 15 is 0 Å². The summed E-state index contributed by atoms with van der Waals surface area (Å²) >= 11 is 0. The van der Waals surface area contributed by atoms with Gasteiger partial charge < -0.3 is 0 Å². The average Bonchev–Trinajstić information content (AvgIpc) is 2.82. The quantitative estimate of drug-likeness (QED) is 0.318. The molecule has 0 bridgehead atoms. The van der Waals surface area contributed by atoms with E-state index in [4.69, 9.17) is 0 Å². The molecular formula is C27H26N2O2. The Morgan fingerprint density at radius 3 is 2.13 bits per heavy atom. The third kappa shape index (κ3) is 3.68. The predicted molar refractivity (Wildman–Crippen MR) is 123 cm³/mol. The van der Waals surface area contributed by atoms with Gasteiger partial charge in [-0.15, -0.1) is 0 Å². The molecule has 1 unspecified atom stereocenters. The summed E-state index contributed by atoms with van der Waals surface area (Å²) in [5.41, 5.74) is 2.62. The van der Waals surface area contributed by atoms with Crippen LogP contribution in [0, 0.1) is 0 Å². The minimum atomic E-state index is -0.169. The van der Waals surface area contributed by atoms with Crippen LogP contribution in [0.2, 0.25) is 0 Å². The first-order valence-electron chi connectivity index (χ1n) is 11.1. The second-order valence-electron chi connectivity index (χ2n) is 8.31. The Labute approximate surface area is 182 Å². The molecule has 0 saturated heterocycles. The molecule has 2 heterocycles. The number of hydrogen-bond acceptors (Lipinski definition) is 3. The van der Waals surface area contributed by atoms with Crippen molar-refractivity contribution in [2.24, 2.45) is 0 Å². The molecule has 0 fully saturated rings. The molecule has 3 aromatic rings. The minimum absolute atomic E-state index is 0.169. The highest BCUT2D eigenvalue weighted by Crippen LogP contribution is 2.31. The fourth-order valence-electron chi connectivity index (χ4n) is 4.85. The van der Waals surface area contributed by atoms with Gasteiger partial charge in [-0.25, -0.2) is 0 Å². The number of carbonyl (C=O) groups excluding carboxylic acids is 2. The molecule has 2 aliphatic rings. The first-order valence-corrected chi connectivity index (χ1v) is 11.1. The number of benzene rings is 3. The van der Waals surface area contributed by atoms with Gasteiger partial charge in [-0.05, 0) is 48.9 Å². The molecular weight excluding hydrogens is 384 g/mol. The Kier molecular flexibility index (Phi) is 5.39. The first-order chi connectivity index (χ1) is 15.2. The van der Waals surface area contributed by atoms with Crippen LogP contribution in [0.4, 0.5) is 0 Å². The molecule has 0 spiro atoms. The van der Waals surface area contributed by atoms with Gasteiger partial charge >= 0.3 is 0 Å². The second-order valence-corrected chi connectivity index (χ2v) is 8.31. The van der Waals surface area contributed by atoms with Gasteiger partial charge in [0.1, 0.15) is 0 Å². The third-order valence-corrected chi connectivity index (χ3v) is 6.42. The highest BCUT2D eigenvalue weighted by atomic mass is 16.2. The Morgan fingerprint density at radius 1 is 0.742 bits per heavy atom. The normalized spacial score (nSPS) is 18.7. The SMILES string of the molecule is O=C1c2cccc3cccc(c23)C(=O)N1CCCCN1CC=CCC1c1ccccc1. The smallest absolute Gasteiger partial charge is 0.261 e. The Bertz CT molecular complexity index is 1100. The molecule has 0 aliphatic carbocycles. The van der Waals surface area contributed by atoms with E-state index in [1.54, 1.807) is 0 Å². The highest BCUT2D eigenvalue weighted by molar-refractivity contribution is 6.25. The lowest BCUT2D eigenvalue weighted by atomic mass is 9.94. The maximum absolute atomic E-state index is 13.0. The van der Waals surface area contributed by atoms with E-state index in [9.17, 15) is 9.59 Å². The summed E-state index contributed by atoms with van der Waals surface area (Å²) in [6.07, 6.45) is 7.26. The van der Waals surface area contributed by atoms with E-state index in [-0.39, 0.29) is 11.8 Å². The molecule has 4 nitrogen and oxygen atoms in total. The number of nitrogens with zero attached hydrogens (tertiary/aromatic N) is 2. The van der Waals surface area contributed by atoms with Crippen LogP contribution in [0.3, 0.4) is 0 Å². The van der Waals surface area contributed by atoms with Crippen LogP contribution in [0.5, 0.6) is 0 Å². The Morgan fingerprint density at radius 2 is 1.42 bits per heavy atom. The average molecular weight is 411 g/mol. The summed E-state index contributed by atoms with van der Waals surface area (Å²) in [7, 11) is 0. The Balaban J connectivity index is 1.24. The van der Waals surface area contributed by atoms with Crippen molar-refractivity contribution in [3.63, 3.8) is 0 Å². The van der Waals surface area contributed by atoms with E-state index < -0.39 is 0 Å². The lowest BCUT2D eigenvalue weighted by Gasteiger charge is -2.33. The monoisotopic (exact) mass is 410 g/mol. The van der Waals surface area contributed by atoms with E-state index in [1.807, 2.05) is 36.4 Å². The summed E-state index contributed by atoms with van der Waals surface area (Å²) in [5.74, 6) is -0.338. The second kappa shape index (κ2) is 8.48. The first kappa shape index (κ1) is 19.7. The minimum Gasteiger partial charge on any atom is -0.292 e. The van der Waals surface area contributed by atoms with E-state index in [0.717, 1.165) is 43.1 Å². The van der Waals surface area contributed by atoms with Gasteiger partial charge in [-0.1, -0.05) is 66.7 Å². The molecule has 2 aliphatic heterocycles. The molecule has 0 radical (unpaired) electrons. The van der Waals surface area contributed by atoms with Crippen molar-refractivity contribution in [2.75, 3.05) is 19.6 Å². The van der Waals surface area contributed by atoms with Gasteiger partial charge in [0.25, 0.3) is 11.8 Å². The summed E-state index contributed by atoms with van der Waals surface area (Å²) in [6, 6.07) is 22.4. The number of carbonyl (C=O) groups is 2. The van der Waals surface area contributed by atoms with Crippen LogP contribution in [-0.2, 0) is 0 Å². The van der Waals surface area contributed by atoms with E-state index in [2.05, 4.69) is 47.4 Å². The van der Waals surface area contributed by atoms with Crippen LogP contribution >= 0.6 is 0 Å². The molecule has 0 N–H and O–H groups in total. The van der Waals surface area contributed by atoms with Gasteiger partial charge in [0.15, 0.2) is 0 Å². The molecule has 2 amide bonds. The topological polar surface area (TPSA) is 40.6 Å². The van der Waals surface area contributed by atoms with Crippen molar-refractivity contribution < 1.29 is 9.59 Å². The van der Waals surface area contributed by atoms with Crippen molar-refractivity contribution in [3.8, 4) is 0 Å². The fourth-order valence-corrected chi connectivity index (χ4v) is 4.85.